The molecule has 0 aromatic heterocycles. The van der Waals surface area contributed by atoms with E-state index in [1.807, 2.05) is 30.4 Å². The molecule has 3 nitrogen and oxygen atoms in total. The van der Waals surface area contributed by atoms with Crippen LogP contribution < -0.4 is 0 Å². The van der Waals surface area contributed by atoms with Crippen molar-refractivity contribution in [1.29, 1.82) is 0 Å². The van der Waals surface area contributed by atoms with Crippen molar-refractivity contribution < 1.29 is 14.3 Å². The van der Waals surface area contributed by atoms with E-state index in [-0.39, 0.29) is 17.5 Å². The van der Waals surface area contributed by atoms with Gasteiger partial charge in [0.2, 0.25) is 0 Å². The summed E-state index contributed by atoms with van der Waals surface area (Å²) in [5.41, 5.74) is 2.26. The molecule has 158 valence electrons. The van der Waals surface area contributed by atoms with Gasteiger partial charge in [0, 0.05) is 18.8 Å². The van der Waals surface area contributed by atoms with Crippen molar-refractivity contribution in [1.82, 2.24) is 0 Å². The standard InChI is InChI=1S/C26H36O3/c1-3-4-6-13-23-14-7-8-15-24(23)20-25(29-22(2)28)16-9-12-19-26(21-27)17-10-5-11-18-26/h7-9,12,14-16,19,21,25H,3-6,10-11,13,17-18,20H2,1-2H3. The fourth-order valence-corrected chi connectivity index (χ4v) is 4.11. The van der Waals surface area contributed by atoms with Gasteiger partial charge in [-0.25, -0.2) is 0 Å². The summed E-state index contributed by atoms with van der Waals surface area (Å²) in [4.78, 5) is 23.2. The zero-order valence-corrected chi connectivity index (χ0v) is 18.1. The van der Waals surface area contributed by atoms with Crippen molar-refractivity contribution >= 4 is 12.3 Å². The van der Waals surface area contributed by atoms with Gasteiger partial charge in [-0.2, -0.15) is 0 Å². The summed E-state index contributed by atoms with van der Waals surface area (Å²) in [6.07, 6.45) is 19.3. The van der Waals surface area contributed by atoms with E-state index in [2.05, 4.69) is 25.1 Å². The first-order valence-corrected chi connectivity index (χ1v) is 11.1. The Morgan fingerprint density at radius 2 is 1.83 bits per heavy atom. The first-order chi connectivity index (χ1) is 14.1. The summed E-state index contributed by atoms with van der Waals surface area (Å²) >= 11 is 0. The maximum Gasteiger partial charge on any atom is 0.303 e. The highest BCUT2D eigenvalue weighted by molar-refractivity contribution is 5.66. The third kappa shape index (κ3) is 8.00. The second-order valence-electron chi connectivity index (χ2n) is 8.23. The molecule has 0 spiro atoms. The molecule has 0 radical (unpaired) electrons. The topological polar surface area (TPSA) is 43.4 Å². The van der Waals surface area contributed by atoms with Crippen molar-refractivity contribution in [3.05, 3.63) is 59.7 Å². The average molecular weight is 397 g/mol. The van der Waals surface area contributed by atoms with Gasteiger partial charge in [0.1, 0.15) is 12.4 Å². The Morgan fingerprint density at radius 3 is 2.48 bits per heavy atom. The van der Waals surface area contributed by atoms with Crippen LogP contribution in [0.25, 0.3) is 0 Å². The molecule has 0 heterocycles. The average Bonchev–Trinajstić information content (AvgIpc) is 2.73. The van der Waals surface area contributed by atoms with E-state index in [1.165, 1.54) is 43.7 Å². The summed E-state index contributed by atoms with van der Waals surface area (Å²) in [6.45, 7) is 3.66. The molecule has 1 aliphatic carbocycles. The molecule has 1 unspecified atom stereocenters. The SMILES string of the molecule is CCCCCc1ccccc1CC(C=CC=CC1(C=O)CCCCC1)OC(C)=O. The van der Waals surface area contributed by atoms with Gasteiger partial charge in [-0.1, -0.05) is 81.5 Å². The second-order valence-corrected chi connectivity index (χ2v) is 8.23. The van der Waals surface area contributed by atoms with Crippen molar-refractivity contribution in [2.75, 3.05) is 0 Å². The summed E-state index contributed by atoms with van der Waals surface area (Å²) in [7, 11) is 0. The van der Waals surface area contributed by atoms with Crippen molar-refractivity contribution in [2.24, 2.45) is 5.41 Å². The van der Waals surface area contributed by atoms with Crippen LogP contribution in [0.4, 0.5) is 0 Å². The van der Waals surface area contributed by atoms with Gasteiger partial charge in [-0.3, -0.25) is 4.79 Å². The van der Waals surface area contributed by atoms with Crippen LogP contribution in [0.1, 0.15) is 76.3 Å². The van der Waals surface area contributed by atoms with E-state index in [4.69, 9.17) is 4.74 Å². The third-order valence-electron chi connectivity index (χ3n) is 5.79. The molecule has 1 saturated carbocycles. The monoisotopic (exact) mass is 396 g/mol. The number of unbranched alkanes of at least 4 members (excludes halogenated alkanes) is 2. The molecule has 0 amide bonds. The molecule has 29 heavy (non-hydrogen) atoms. The van der Waals surface area contributed by atoms with E-state index < -0.39 is 0 Å². The van der Waals surface area contributed by atoms with E-state index >= 15 is 0 Å². The van der Waals surface area contributed by atoms with E-state index in [9.17, 15) is 9.59 Å². The molecular formula is C26H36O3. The third-order valence-corrected chi connectivity index (χ3v) is 5.79. The van der Waals surface area contributed by atoms with Crippen LogP contribution in [0.5, 0.6) is 0 Å². The smallest absolute Gasteiger partial charge is 0.303 e. The first kappa shape index (κ1) is 23.1. The number of hydrogen-bond acceptors (Lipinski definition) is 3. The van der Waals surface area contributed by atoms with Crippen molar-refractivity contribution in [3.63, 3.8) is 0 Å². The van der Waals surface area contributed by atoms with Crippen LogP contribution in [0.2, 0.25) is 0 Å². The molecule has 1 aromatic rings. The lowest BCUT2D eigenvalue weighted by Gasteiger charge is -2.28. The Morgan fingerprint density at radius 1 is 1.10 bits per heavy atom. The van der Waals surface area contributed by atoms with Gasteiger partial charge < -0.3 is 9.53 Å². The van der Waals surface area contributed by atoms with Crippen molar-refractivity contribution in [2.45, 2.75) is 84.2 Å². The van der Waals surface area contributed by atoms with E-state index in [0.29, 0.717) is 6.42 Å². The van der Waals surface area contributed by atoms with Gasteiger partial charge in [0.15, 0.2) is 0 Å². The fourth-order valence-electron chi connectivity index (χ4n) is 4.11. The maximum absolute atomic E-state index is 11.6. The Hall–Kier alpha value is -2.16. The summed E-state index contributed by atoms with van der Waals surface area (Å²) in [5, 5.41) is 0. The minimum absolute atomic E-state index is 0.274. The Bertz CT molecular complexity index is 696. The predicted octanol–water partition coefficient (Wildman–Crippen LogP) is 6.16. The molecular weight excluding hydrogens is 360 g/mol. The van der Waals surface area contributed by atoms with Gasteiger partial charge >= 0.3 is 5.97 Å². The van der Waals surface area contributed by atoms with Crippen LogP contribution in [0.15, 0.2) is 48.6 Å². The lowest BCUT2D eigenvalue weighted by Crippen LogP contribution is -2.23. The predicted molar refractivity (Wildman–Crippen MR) is 119 cm³/mol. The molecule has 1 aromatic carbocycles. The highest BCUT2D eigenvalue weighted by Crippen LogP contribution is 2.35. The maximum atomic E-state index is 11.6. The number of hydrogen-bond donors (Lipinski definition) is 0. The van der Waals surface area contributed by atoms with Gasteiger partial charge in [0.25, 0.3) is 0 Å². The Labute approximate surface area is 176 Å². The molecule has 1 fully saturated rings. The molecule has 0 saturated heterocycles. The molecule has 0 bridgehead atoms. The number of aryl methyl sites for hydroxylation is 1. The molecule has 1 aliphatic rings. The number of rotatable bonds is 11. The number of esters is 1. The minimum atomic E-state index is -0.314. The number of carbonyl (C=O) groups is 2. The van der Waals surface area contributed by atoms with Crippen LogP contribution >= 0.6 is 0 Å². The fraction of sp³-hybridized carbons (Fsp3) is 0.538. The normalized spacial score (nSPS) is 17.4. The van der Waals surface area contributed by atoms with Crippen LogP contribution in [0, 0.1) is 5.41 Å². The summed E-state index contributed by atoms with van der Waals surface area (Å²) in [5.74, 6) is -0.274. The van der Waals surface area contributed by atoms with Gasteiger partial charge in [0.05, 0.1) is 0 Å². The molecule has 0 aliphatic heterocycles. The molecule has 2 rings (SSSR count). The Balaban J connectivity index is 2.06. The van der Waals surface area contributed by atoms with E-state index in [0.717, 1.165) is 38.4 Å². The lowest BCUT2D eigenvalue weighted by atomic mass is 9.75. The lowest BCUT2D eigenvalue weighted by molar-refractivity contribution is -0.144. The van der Waals surface area contributed by atoms with Crippen LogP contribution in [0.3, 0.4) is 0 Å². The van der Waals surface area contributed by atoms with Crippen molar-refractivity contribution in [3.8, 4) is 0 Å². The molecule has 0 N–H and O–H groups in total. The number of carbonyl (C=O) groups excluding carboxylic acids is 2. The first-order valence-electron chi connectivity index (χ1n) is 11.1. The van der Waals surface area contributed by atoms with Gasteiger partial charge in [-0.05, 0) is 42.9 Å². The zero-order valence-electron chi connectivity index (χ0n) is 18.1. The quantitative estimate of drug-likeness (QED) is 0.195. The van der Waals surface area contributed by atoms with Crippen LogP contribution in [-0.4, -0.2) is 18.4 Å². The summed E-state index contributed by atoms with van der Waals surface area (Å²) in [6, 6.07) is 8.43. The highest BCUT2D eigenvalue weighted by Gasteiger charge is 2.28. The Kier molecular flexibility index (Phi) is 9.90. The zero-order chi connectivity index (χ0) is 21.0. The highest BCUT2D eigenvalue weighted by atomic mass is 16.5. The number of ether oxygens (including phenoxy) is 1. The minimum Gasteiger partial charge on any atom is -0.458 e. The molecule has 1 atom stereocenters. The number of benzene rings is 1. The van der Waals surface area contributed by atoms with Gasteiger partial charge in [-0.15, -0.1) is 0 Å². The summed E-state index contributed by atoms with van der Waals surface area (Å²) < 4.78 is 5.55. The largest absolute Gasteiger partial charge is 0.458 e. The second kappa shape index (κ2) is 12.4. The molecule has 3 heteroatoms. The number of allylic oxidation sites excluding steroid dienone is 3. The number of aldehydes is 1. The van der Waals surface area contributed by atoms with Crippen LogP contribution in [-0.2, 0) is 27.2 Å². The van der Waals surface area contributed by atoms with E-state index in [1.54, 1.807) is 0 Å².